The van der Waals surface area contributed by atoms with Crippen molar-refractivity contribution in [2.24, 2.45) is 7.05 Å². The molecular weight excluding hydrogens is 226 g/mol. The predicted molar refractivity (Wildman–Crippen MR) is 72.3 cm³/mol. The molecule has 0 atom stereocenters. The number of nitrogens with two attached hydrogens (primary N) is 1. The fourth-order valence-corrected chi connectivity index (χ4v) is 2.35. The second-order valence-electron chi connectivity index (χ2n) is 4.58. The number of aromatic nitrogens is 2. The van der Waals surface area contributed by atoms with Gasteiger partial charge < -0.3 is 14.7 Å². The molecule has 0 radical (unpaired) electrons. The fourth-order valence-electron chi connectivity index (χ4n) is 2.35. The standard InChI is InChI=1S/C14H15N3O/c1-8-13(9(2)18-14(8)15)11-6-10-4-5-17(3)12(10)7-16-11/h4-7H,15H2,1-3H3. The second-order valence-corrected chi connectivity index (χ2v) is 4.58. The Morgan fingerprint density at radius 2 is 2.11 bits per heavy atom. The Kier molecular flexibility index (Phi) is 2.20. The van der Waals surface area contributed by atoms with Gasteiger partial charge in [-0.15, -0.1) is 0 Å². The number of hydrogen-bond acceptors (Lipinski definition) is 3. The molecule has 0 aliphatic rings. The van der Waals surface area contributed by atoms with Gasteiger partial charge >= 0.3 is 0 Å². The first kappa shape index (κ1) is 10.9. The average molecular weight is 241 g/mol. The summed E-state index contributed by atoms with van der Waals surface area (Å²) in [5.41, 5.74) is 9.77. The summed E-state index contributed by atoms with van der Waals surface area (Å²) >= 11 is 0. The third kappa shape index (κ3) is 1.42. The van der Waals surface area contributed by atoms with Gasteiger partial charge in [0.05, 0.1) is 17.4 Å². The molecular formula is C14H15N3O. The van der Waals surface area contributed by atoms with E-state index in [1.165, 1.54) is 5.39 Å². The van der Waals surface area contributed by atoms with Gasteiger partial charge in [0.15, 0.2) is 5.88 Å². The fraction of sp³-hybridized carbons (Fsp3) is 0.214. The van der Waals surface area contributed by atoms with Crippen LogP contribution in [0.3, 0.4) is 0 Å². The van der Waals surface area contributed by atoms with Crippen molar-refractivity contribution in [1.82, 2.24) is 9.55 Å². The van der Waals surface area contributed by atoms with Crippen LogP contribution in [0, 0.1) is 13.8 Å². The van der Waals surface area contributed by atoms with Crippen LogP contribution in [0.2, 0.25) is 0 Å². The predicted octanol–water partition coefficient (Wildman–Crippen LogP) is 3.03. The van der Waals surface area contributed by atoms with Crippen molar-refractivity contribution in [3.05, 3.63) is 35.9 Å². The van der Waals surface area contributed by atoms with Crippen molar-refractivity contribution >= 4 is 16.8 Å². The molecule has 0 amide bonds. The number of fused-ring (bicyclic) bond motifs is 1. The van der Waals surface area contributed by atoms with Crippen LogP contribution >= 0.6 is 0 Å². The Balaban J connectivity index is 2.25. The van der Waals surface area contributed by atoms with Crippen molar-refractivity contribution in [3.8, 4) is 11.3 Å². The summed E-state index contributed by atoms with van der Waals surface area (Å²) in [5.74, 6) is 1.28. The molecule has 4 heteroatoms. The molecule has 0 fully saturated rings. The first-order chi connectivity index (χ1) is 8.58. The van der Waals surface area contributed by atoms with E-state index in [1.807, 2.05) is 33.3 Å². The van der Waals surface area contributed by atoms with E-state index in [2.05, 4.69) is 21.7 Å². The Morgan fingerprint density at radius 1 is 1.33 bits per heavy atom. The molecule has 3 aromatic heterocycles. The summed E-state index contributed by atoms with van der Waals surface area (Å²) in [4.78, 5) is 4.51. The molecule has 0 unspecified atom stereocenters. The highest BCUT2D eigenvalue weighted by Gasteiger charge is 2.15. The van der Waals surface area contributed by atoms with Crippen LogP contribution in [0.15, 0.2) is 28.9 Å². The highest BCUT2D eigenvalue weighted by Crippen LogP contribution is 2.33. The van der Waals surface area contributed by atoms with Crippen LogP contribution in [0.4, 0.5) is 5.88 Å². The second kappa shape index (κ2) is 3.63. The number of anilines is 1. The van der Waals surface area contributed by atoms with Gasteiger partial charge in [-0.3, -0.25) is 4.98 Å². The monoisotopic (exact) mass is 241 g/mol. The van der Waals surface area contributed by atoms with E-state index in [0.29, 0.717) is 5.88 Å². The van der Waals surface area contributed by atoms with E-state index in [9.17, 15) is 0 Å². The Hall–Kier alpha value is -2.23. The van der Waals surface area contributed by atoms with E-state index >= 15 is 0 Å². The average Bonchev–Trinajstić information content (AvgIpc) is 2.81. The minimum Gasteiger partial charge on any atom is -0.445 e. The summed E-state index contributed by atoms with van der Waals surface area (Å²) in [7, 11) is 2.01. The first-order valence-corrected chi connectivity index (χ1v) is 5.85. The van der Waals surface area contributed by atoms with E-state index in [4.69, 9.17) is 10.2 Å². The lowest BCUT2D eigenvalue weighted by molar-refractivity contribution is 0.553. The van der Waals surface area contributed by atoms with Crippen molar-refractivity contribution in [2.75, 3.05) is 5.73 Å². The maximum atomic E-state index is 5.80. The van der Waals surface area contributed by atoms with E-state index in [1.54, 1.807) is 0 Å². The summed E-state index contributed by atoms with van der Waals surface area (Å²) in [6.07, 6.45) is 3.91. The van der Waals surface area contributed by atoms with Gasteiger partial charge in [-0.05, 0) is 26.0 Å². The maximum absolute atomic E-state index is 5.80. The summed E-state index contributed by atoms with van der Waals surface area (Å²) in [6, 6.07) is 4.15. The van der Waals surface area contributed by atoms with E-state index < -0.39 is 0 Å². The molecule has 3 aromatic rings. The van der Waals surface area contributed by atoms with Gasteiger partial charge in [-0.25, -0.2) is 0 Å². The van der Waals surface area contributed by atoms with Crippen molar-refractivity contribution in [1.29, 1.82) is 0 Å². The lowest BCUT2D eigenvalue weighted by Crippen LogP contribution is -1.89. The number of furan rings is 1. The van der Waals surface area contributed by atoms with Crippen molar-refractivity contribution in [3.63, 3.8) is 0 Å². The number of rotatable bonds is 1. The number of nitrogen functional groups attached to an aromatic ring is 1. The third-order valence-corrected chi connectivity index (χ3v) is 3.39. The molecule has 3 heterocycles. The highest BCUT2D eigenvalue weighted by atomic mass is 16.4. The zero-order valence-electron chi connectivity index (χ0n) is 10.7. The molecule has 0 saturated heterocycles. The van der Waals surface area contributed by atoms with Gasteiger partial charge in [0.1, 0.15) is 5.76 Å². The zero-order valence-corrected chi connectivity index (χ0v) is 10.7. The molecule has 0 aliphatic carbocycles. The molecule has 0 aliphatic heterocycles. The van der Waals surface area contributed by atoms with Gasteiger partial charge in [0.2, 0.25) is 0 Å². The topological polar surface area (TPSA) is 57.0 Å². The lowest BCUT2D eigenvalue weighted by Gasteiger charge is -2.02. The SMILES string of the molecule is Cc1oc(N)c(C)c1-c1cc2ccn(C)c2cn1. The Morgan fingerprint density at radius 3 is 2.78 bits per heavy atom. The molecule has 0 spiro atoms. The van der Waals surface area contributed by atoms with Gasteiger partial charge in [-0.1, -0.05) is 0 Å². The molecule has 0 saturated carbocycles. The molecule has 92 valence electrons. The molecule has 18 heavy (non-hydrogen) atoms. The Labute approximate surface area is 105 Å². The minimum absolute atomic E-state index is 0.470. The van der Waals surface area contributed by atoms with Crippen molar-refractivity contribution < 1.29 is 4.42 Å². The number of pyridine rings is 1. The van der Waals surface area contributed by atoms with Crippen LogP contribution in [0.1, 0.15) is 11.3 Å². The molecule has 3 rings (SSSR count). The zero-order chi connectivity index (χ0) is 12.9. The summed E-state index contributed by atoms with van der Waals surface area (Å²) in [5, 5.41) is 1.17. The first-order valence-electron chi connectivity index (χ1n) is 5.85. The summed E-state index contributed by atoms with van der Waals surface area (Å²) < 4.78 is 7.50. The normalized spacial score (nSPS) is 11.3. The van der Waals surface area contributed by atoms with Gasteiger partial charge in [-0.2, -0.15) is 0 Å². The quantitative estimate of drug-likeness (QED) is 0.712. The van der Waals surface area contributed by atoms with Crippen LogP contribution in [-0.2, 0) is 7.05 Å². The van der Waals surface area contributed by atoms with E-state index in [-0.39, 0.29) is 0 Å². The van der Waals surface area contributed by atoms with Crippen molar-refractivity contribution in [2.45, 2.75) is 13.8 Å². The van der Waals surface area contributed by atoms with E-state index in [0.717, 1.165) is 28.1 Å². The number of hydrogen-bond donors (Lipinski definition) is 1. The van der Waals surface area contributed by atoms with Crippen LogP contribution in [0.5, 0.6) is 0 Å². The highest BCUT2D eigenvalue weighted by molar-refractivity contribution is 5.84. The smallest absolute Gasteiger partial charge is 0.194 e. The number of nitrogens with zero attached hydrogens (tertiary/aromatic N) is 2. The third-order valence-electron chi connectivity index (χ3n) is 3.39. The lowest BCUT2D eigenvalue weighted by atomic mass is 10.1. The molecule has 0 bridgehead atoms. The minimum atomic E-state index is 0.470. The Bertz CT molecular complexity index is 737. The van der Waals surface area contributed by atoms with Crippen LogP contribution in [0.25, 0.3) is 22.2 Å². The molecule has 4 nitrogen and oxygen atoms in total. The summed E-state index contributed by atoms with van der Waals surface area (Å²) in [6.45, 7) is 3.87. The number of aryl methyl sites for hydroxylation is 2. The van der Waals surface area contributed by atoms with Crippen LogP contribution in [-0.4, -0.2) is 9.55 Å². The maximum Gasteiger partial charge on any atom is 0.194 e. The molecule has 2 N–H and O–H groups in total. The largest absolute Gasteiger partial charge is 0.445 e. The molecule has 0 aromatic carbocycles. The van der Waals surface area contributed by atoms with Gasteiger partial charge in [0, 0.05) is 29.8 Å². The van der Waals surface area contributed by atoms with Gasteiger partial charge in [0.25, 0.3) is 0 Å². The van der Waals surface area contributed by atoms with Crippen LogP contribution < -0.4 is 5.73 Å².